The number of nitrogens with one attached hydrogen (secondary N) is 4. The Balaban J connectivity index is 0.981. The summed E-state index contributed by atoms with van der Waals surface area (Å²) in [4.78, 5) is 70.7. The molecule has 2 saturated heterocycles. The topological polar surface area (TPSA) is 156 Å². The molecule has 2 aliphatic heterocycles. The molecule has 2 fully saturated rings. The molecule has 12 nitrogen and oxygen atoms in total. The Labute approximate surface area is 325 Å². The summed E-state index contributed by atoms with van der Waals surface area (Å²) in [5.41, 5.74) is 4.33. The Bertz CT molecular complexity index is 2160. The highest BCUT2D eigenvalue weighted by atomic mass is 16.2. The maximum Gasteiger partial charge on any atom is 0.250 e. The molecule has 4 atom stereocenters. The van der Waals surface area contributed by atoms with Crippen molar-refractivity contribution in [2.75, 3.05) is 13.1 Å². The van der Waals surface area contributed by atoms with Gasteiger partial charge in [-0.25, -0.2) is 9.97 Å². The van der Waals surface area contributed by atoms with Gasteiger partial charge in [-0.1, -0.05) is 72.5 Å². The highest BCUT2D eigenvalue weighted by Crippen LogP contribution is 2.34. The van der Waals surface area contributed by atoms with E-state index >= 15 is 0 Å². The number of aromatic nitrogens is 4. The molecule has 0 saturated carbocycles. The molecule has 12 heteroatoms. The molecule has 4 heterocycles. The number of benzene rings is 3. The van der Waals surface area contributed by atoms with Crippen LogP contribution in [-0.4, -0.2) is 66.5 Å². The van der Waals surface area contributed by atoms with E-state index in [0.717, 1.165) is 47.9 Å². The maximum absolute atomic E-state index is 13.7. The number of aromatic amines is 2. The third-order valence-electron chi connectivity index (χ3n) is 9.92. The van der Waals surface area contributed by atoms with E-state index in [1.165, 1.54) is 13.8 Å². The lowest BCUT2D eigenvalue weighted by atomic mass is 10.0. The number of hydrogen-bond acceptors (Lipinski definition) is 6. The predicted molar refractivity (Wildman–Crippen MR) is 209 cm³/mol. The van der Waals surface area contributed by atoms with E-state index in [0.29, 0.717) is 36.1 Å². The second kappa shape index (κ2) is 17.0. The van der Waals surface area contributed by atoms with Gasteiger partial charge in [0.2, 0.25) is 23.6 Å². The number of amides is 4. The van der Waals surface area contributed by atoms with E-state index in [1.807, 2.05) is 84.9 Å². The van der Waals surface area contributed by atoms with Gasteiger partial charge in [-0.2, -0.15) is 0 Å². The normalized spacial score (nSPS) is 17.2. The number of nitrogens with zero attached hydrogens (tertiary/aromatic N) is 4. The third kappa shape index (κ3) is 8.72. The van der Waals surface area contributed by atoms with Gasteiger partial charge in [-0.3, -0.25) is 19.2 Å². The van der Waals surface area contributed by atoms with Crippen LogP contribution in [0.15, 0.2) is 97.3 Å². The average Bonchev–Trinajstić information content (AvgIpc) is 4.05. The summed E-state index contributed by atoms with van der Waals surface area (Å²) in [6, 6.07) is 24.1. The number of imidazole rings is 2. The lowest BCUT2D eigenvalue weighted by molar-refractivity contribution is -0.137. The van der Waals surface area contributed by atoms with Crippen LogP contribution in [0.1, 0.15) is 109 Å². The second-order valence-electron chi connectivity index (χ2n) is 13.9. The summed E-state index contributed by atoms with van der Waals surface area (Å²) < 4.78 is 0. The number of likely N-dealkylation sites (tertiary alicyclic amines) is 2. The summed E-state index contributed by atoms with van der Waals surface area (Å²) in [7, 11) is 0. The molecule has 0 spiro atoms. The summed E-state index contributed by atoms with van der Waals surface area (Å²) in [6.07, 6.45) is 6.51. The van der Waals surface area contributed by atoms with Crippen molar-refractivity contribution in [1.82, 2.24) is 40.4 Å². The van der Waals surface area contributed by atoms with Crippen molar-refractivity contribution >= 4 is 23.6 Å². The van der Waals surface area contributed by atoms with E-state index in [9.17, 15) is 19.2 Å². The van der Waals surface area contributed by atoms with Gasteiger partial charge in [0.15, 0.2) is 0 Å². The first-order chi connectivity index (χ1) is 27.2. The smallest absolute Gasteiger partial charge is 0.250 e. The minimum absolute atomic E-state index is 0.168. The van der Waals surface area contributed by atoms with Crippen LogP contribution < -0.4 is 10.6 Å². The van der Waals surface area contributed by atoms with Crippen LogP contribution in [0.5, 0.6) is 0 Å². The zero-order valence-electron chi connectivity index (χ0n) is 31.2. The first kappa shape index (κ1) is 37.4. The van der Waals surface area contributed by atoms with Crippen LogP contribution in [0.3, 0.4) is 0 Å². The van der Waals surface area contributed by atoms with Gasteiger partial charge in [0.05, 0.1) is 24.5 Å². The van der Waals surface area contributed by atoms with Crippen molar-refractivity contribution in [3.8, 4) is 23.7 Å². The fourth-order valence-corrected chi connectivity index (χ4v) is 7.29. The Hall–Kier alpha value is -6.92. The Morgan fingerprint density at radius 2 is 1.00 bits per heavy atom. The molecule has 0 radical (unpaired) electrons. The van der Waals surface area contributed by atoms with Crippen LogP contribution in [-0.2, 0) is 19.2 Å². The van der Waals surface area contributed by atoms with Crippen molar-refractivity contribution in [3.05, 3.63) is 143 Å². The van der Waals surface area contributed by atoms with Crippen molar-refractivity contribution in [1.29, 1.82) is 0 Å². The Morgan fingerprint density at radius 3 is 1.38 bits per heavy atom. The highest BCUT2D eigenvalue weighted by Gasteiger charge is 2.38. The molecule has 0 bridgehead atoms. The fraction of sp³-hybridized carbons (Fsp3) is 0.273. The fourth-order valence-electron chi connectivity index (χ4n) is 7.29. The van der Waals surface area contributed by atoms with E-state index in [1.54, 1.807) is 22.2 Å². The summed E-state index contributed by atoms with van der Waals surface area (Å²) in [6.45, 7) is 3.97. The molecule has 4 N–H and O–H groups in total. The zero-order chi connectivity index (χ0) is 39.0. The van der Waals surface area contributed by atoms with E-state index in [4.69, 9.17) is 0 Å². The standard InChI is InChI=1S/C44H42N8O4/c1-29(53)47-39(33-11-5-3-6-12-33)43(55)51-25-9-15-37(51)41-45-27-35(49-41)23-21-31-17-19-32(20-18-31)22-24-36-28-46-42(50-36)38-16-10-26-52(38)44(56)40(48-30(2)54)34-13-7-4-8-14-34/h3-8,11-14,17-20,27-28,37-40H,9-10,15-16,25-26H2,1-2H3,(H,45,49)(H,46,50)(H,47,53)(H,48,54)/t37-,38-,39+,40+/m0/s1. The lowest BCUT2D eigenvalue weighted by Gasteiger charge is -2.28. The van der Waals surface area contributed by atoms with Gasteiger partial charge in [0, 0.05) is 38.1 Å². The molecule has 5 aromatic rings. The molecule has 0 aliphatic carbocycles. The first-order valence-corrected chi connectivity index (χ1v) is 18.7. The SMILES string of the molecule is CC(=O)N[C@@H](C(=O)N1CCC[C@H]1c1ncc(C#Cc2ccc(C#Cc3cnc([C@@H]4CCCN4C(=O)[C@H](NC(C)=O)c4ccccc4)[nH]3)cc2)[nH]1)c1ccccc1. The monoisotopic (exact) mass is 746 g/mol. The molecular formula is C44H42N8O4. The van der Waals surface area contributed by atoms with E-state index in [2.05, 4.69) is 54.3 Å². The largest absolute Gasteiger partial charge is 0.341 e. The zero-order valence-corrected chi connectivity index (χ0v) is 31.2. The lowest BCUT2D eigenvalue weighted by Crippen LogP contribution is -2.42. The number of carbonyl (C=O) groups is 4. The molecular weight excluding hydrogens is 705 g/mol. The quantitative estimate of drug-likeness (QED) is 0.164. The molecule has 2 aromatic heterocycles. The molecule has 3 aromatic carbocycles. The number of rotatable bonds is 8. The minimum Gasteiger partial charge on any atom is -0.341 e. The van der Waals surface area contributed by atoms with Gasteiger partial charge in [0.25, 0.3) is 0 Å². The summed E-state index contributed by atoms with van der Waals surface area (Å²) in [5, 5.41) is 5.64. The molecule has 4 amide bonds. The van der Waals surface area contributed by atoms with Gasteiger partial charge in [-0.05, 0) is 72.9 Å². The van der Waals surface area contributed by atoms with Gasteiger partial charge < -0.3 is 30.4 Å². The van der Waals surface area contributed by atoms with Crippen molar-refractivity contribution in [2.24, 2.45) is 0 Å². The third-order valence-corrected chi connectivity index (χ3v) is 9.92. The van der Waals surface area contributed by atoms with Crippen LogP contribution in [0, 0.1) is 23.7 Å². The van der Waals surface area contributed by atoms with E-state index < -0.39 is 12.1 Å². The van der Waals surface area contributed by atoms with Crippen LogP contribution in [0.25, 0.3) is 0 Å². The highest BCUT2D eigenvalue weighted by molar-refractivity contribution is 5.89. The van der Waals surface area contributed by atoms with Crippen molar-refractivity contribution in [2.45, 2.75) is 63.7 Å². The minimum atomic E-state index is -0.773. The van der Waals surface area contributed by atoms with Gasteiger partial charge in [-0.15, -0.1) is 0 Å². The molecule has 7 rings (SSSR count). The van der Waals surface area contributed by atoms with Gasteiger partial charge >= 0.3 is 0 Å². The van der Waals surface area contributed by atoms with Crippen LogP contribution in [0.2, 0.25) is 0 Å². The number of hydrogen-bond donors (Lipinski definition) is 4. The predicted octanol–water partition coefficient (Wildman–Crippen LogP) is 5.01. The van der Waals surface area contributed by atoms with Crippen LogP contribution in [0.4, 0.5) is 0 Å². The number of H-pyrrole nitrogens is 2. The molecule has 2 aliphatic rings. The van der Waals surface area contributed by atoms with Crippen LogP contribution >= 0.6 is 0 Å². The Kier molecular flexibility index (Phi) is 11.4. The molecule has 0 unspecified atom stereocenters. The second-order valence-corrected chi connectivity index (χ2v) is 13.9. The average molecular weight is 747 g/mol. The number of carbonyl (C=O) groups excluding carboxylic acids is 4. The maximum atomic E-state index is 13.7. The molecule has 56 heavy (non-hydrogen) atoms. The summed E-state index contributed by atoms with van der Waals surface area (Å²) >= 11 is 0. The Morgan fingerprint density at radius 1 is 0.607 bits per heavy atom. The molecule has 282 valence electrons. The summed E-state index contributed by atoms with van der Waals surface area (Å²) in [5.74, 6) is 13.1. The van der Waals surface area contributed by atoms with E-state index in [-0.39, 0.29) is 35.7 Å². The van der Waals surface area contributed by atoms with Crippen molar-refractivity contribution in [3.63, 3.8) is 0 Å². The van der Waals surface area contributed by atoms with Crippen molar-refractivity contribution < 1.29 is 19.2 Å². The first-order valence-electron chi connectivity index (χ1n) is 18.7. The van der Waals surface area contributed by atoms with Gasteiger partial charge in [0.1, 0.15) is 35.1 Å².